The van der Waals surface area contributed by atoms with E-state index in [9.17, 15) is 0 Å². The number of halogens is 1. The van der Waals surface area contributed by atoms with Gasteiger partial charge in [0, 0.05) is 6.42 Å². The molecular weight excluding hydrogens is 371 g/mol. The summed E-state index contributed by atoms with van der Waals surface area (Å²) in [6.45, 7) is 4.13. The van der Waals surface area contributed by atoms with Crippen molar-refractivity contribution in [1.82, 2.24) is 0 Å². The molecule has 0 aliphatic heterocycles. The average Bonchev–Trinajstić information content (AvgIpc) is 2.47. The predicted molar refractivity (Wildman–Crippen MR) is 106 cm³/mol. The van der Waals surface area contributed by atoms with E-state index in [1.54, 1.807) is 0 Å². The van der Waals surface area contributed by atoms with Gasteiger partial charge >= 0.3 is 0 Å². The predicted octanol–water partition coefficient (Wildman–Crippen LogP) is 5.71. The summed E-state index contributed by atoms with van der Waals surface area (Å²) in [6, 6.07) is 16.2. The molecule has 126 valence electrons. The Hall–Kier alpha value is -1.05. The van der Waals surface area contributed by atoms with E-state index >= 15 is 0 Å². The smallest absolute Gasteiger partial charge is 0.241 e. The lowest BCUT2D eigenvalue weighted by molar-refractivity contribution is -0.00211. The first-order valence-electron chi connectivity index (χ1n) is 7.84. The van der Waals surface area contributed by atoms with Crippen LogP contribution in [0, 0.1) is 13.8 Å². The summed E-state index contributed by atoms with van der Waals surface area (Å²) < 4.78 is 12.1. The van der Waals surface area contributed by atoms with Crippen LogP contribution >= 0.6 is 26.2 Å². The molecule has 23 heavy (non-hydrogen) atoms. The third-order valence-corrected chi connectivity index (χ3v) is 3.82. The molecule has 0 heterocycles. The first-order valence-corrected chi connectivity index (χ1v) is 8.66. The van der Waals surface area contributed by atoms with Gasteiger partial charge in [-0.25, -0.2) is 0 Å². The van der Waals surface area contributed by atoms with Gasteiger partial charge in [-0.2, -0.15) is 0 Å². The number of ether oxygens (including phenoxy) is 2. The Morgan fingerprint density at radius 3 is 1.83 bits per heavy atom. The molecule has 0 spiro atoms. The molecule has 4 heteroatoms. The van der Waals surface area contributed by atoms with E-state index in [2.05, 4.69) is 35.2 Å². The Morgan fingerprint density at radius 1 is 0.870 bits per heavy atom. The fraction of sp³-hybridized carbons (Fsp3) is 0.368. The molecule has 2 aromatic carbocycles. The third-order valence-electron chi connectivity index (χ3n) is 3.41. The number of unbranched alkanes of at least 4 members (excludes halogenated alkanes) is 1. The Labute approximate surface area is 152 Å². The fourth-order valence-electron chi connectivity index (χ4n) is 2.28. The van der Waals surface area contributed by atoms with Crippen LogP contribution in [0.3, 0.4) is 0 Å². The van der Waals surface area contributed by atoms with E-state index in [0.29, 0.717) is 0 Å². The van der Waals surface area contributed by atoms with Gasteiger partial charge in [0.15, 0.2) is 0 Å². The highest BCUT2D eigenvalue weighted by molar-refractivity contribution is 8.93. The van der Waals surface area contributed by atoms with Gasteiger partial charge in [-0.15, -0.1) is 26.2 Å². The molecule has 0 aliphatic carbocycles. The largest absolute Gasteiger partial charge is 0.455 e. The van der Waals surface area contributed by atoms with Crippen molar-refractivity contribution in [2.75, 3.05) is 6.16 Å². The molecule has 0 fully saturated rings. The second-order valence-electron chi connectivity index (χ2n) is 5.58. The zero-order valence-corrected chi connectivity index (χ0v) is 16.7. The lowest BCUT2D eigenvalue weighted by Gasteiger charge is -2.21. The van der Waals surface area contributed by atoms with Gasteiger partial charge in [0.25, 0.3) is 0 Å². The van der Waals surface area contributed by atoms with Crippen molar-refractivity contribution < 1.29 is 9.47 Å². The number of hydrogen-bond acceptors (Lipinski definition) is 2. The first-order chi connectivity index (χ1) is 10.7. The van der Waals surface area contributed by atoms with Gasteiger partial charge in [0.05, 0.1) is 0 Å². The highest BCUT2D eigenvalue weighted by Gasteiger charge is 2.12. The Kier molecular flexibility index (Phi) is 9.28. The topological polar surface area (TPSA) is 18.5 Å². The molecule has 0 saturated heterocycles. The minimum Gasteiger partial charge on any atom is -0.455 e. The highest BCUT2D eigenvalue weighted by atomic mass is 79.9. The number of benzene rings is 2. The zero-order valence-electron chi connectivity index (χ0n) is 13.8. The van der Waals surface area contributed by atoms with Crippen LogP contribution < -0.4 is 9.47 Å². The number of aryl methyl sites for hydroxylation is 2. The van der Waals surface area contributed by atoms with Gasteiger partial charge in [-0.3, -0.25) is 0 Å². The summed E-state index contributed by atoms with van der Waals surface area (Å²) in [5, 5.41) is 0. The molecule has 2 aromatic rings. The molecule has 2 nitrogen and oxygen atoms in total. The molecule has 0 saturated carbocycles. The van der Waals surface area contributed by atoms with E-state index in [1.165, 1.54) is 11.1 Å². The lowest BCUT2D eigenvalue weighted by Crippen LogP contribution is -2.24. The number of rotatable bonds is 8. The molecule has 0 aromatic heterocycles. The van der Waals surface area contributed by atoms with E-state index in [0.717, 1.165) is 36.9 Å². The minimum atomic E-state index is -0.250. The van der Waals surface area contributed by atoms with Crippen molar-refractivity contribution in [3.05, 3.63) is 59.7 Å². The number of hydrogen-bond donors (Lipinski definition) is 0. The summed E-state index contributed by atoms with van der Waals surface area (Å²) in [5.41, 5.74) is 2.38. The summed E-state index contributed by atoms with van der Waals surface area (Å²) in [4.78, 5) is 0. The van der Waals surface area contributed by atoms with E-state index < -0.39 is 0 Å². The Bertz CT molecular complexity index is 542. The van der Waals surface area contributed by atoms with Crippen molar-refractivity contribution in [1.29, 1.82) is 0 Å². The van der Waals surface area contributed by atoms with Gasteiger partial charge in [0.2, 0.25) is 6.29 Å². The minimum absolute atomic E-state index is 0. The van der Waals surface area contributed by atoms with Crippen molar-refractivity contribution in [3.63, 3.8) is 0 Å². The van der Waals surface area contributed by atoms with Crippen LogP contribution in [0.2, 0.25) is 0 Å². The van der Waals surface area contributed by atoms with E-state index in [1.807, 2.05) is 36.4 Å². The molecule has 0 amide bonds. The zero-order chi connectivity index (χ0) is 15.8. The van der Waals surface area contributed by atoms with Crippen LogP contribution in [-0.2, 0) is 0 Å². The van der Waals surface area contributed by atoms with Crippen molar-refractivity contribution in [3.8, 4) is 11.5 Å². The van der Waals surface area contributed by atoms with E-state index in [-0.39, 0.29) is 23.3 Å². The molecule has 0 aliphatic rings. The van der Waals surface area contributed by atoms with Crippen LogP contribution in [0.4, 0.5) is 0 Å². The Morgan fingerprint density at radius 2 is 1.39 bits per heavy atom. The summed E-state index contributed by atoms with van der Waals surface area (Å²) in [5.74, 6) is 1.73. The van der Waals surface area contributed by atoms with Crippen molar-refractivity contribution in [2.24, 2.45) is 0 Å². The fourth-order valence-corrected chi connectivity index (χ4v) is 2.57. The first kappa shape index (κ1) is 20.0. The molecule has 0 N–H and O–H groups in total. The third kappa shape index (κ3) is 7.37. The molecular formula is C19H26BrO2P. The highest BCUT2D eigenvalue weighted by Crippen LogP contribution is 2.21. The van der Waals surface area contributed by atoms with Gasteiger partial charge in [0.1, 0.15) is 11.5 Å². The molecule has 2 rings (SSSR count). The van der Waals surface area contributed by atoms with Crippen molar-refractivity contribution >= 4 is 26.2 Å². The standard InChI is InChI=1S/C19H25O2P.BrH/c1-15-7-5-9-17(13-15)20-19(11-3-4-12-22)21-18-10-6-8-16(2)14-18;/h5-10,13-14,19H,3-4,11-12,22H2,1-2H3;1H. The van der Waals surface area contributed by atoms with Crippen LogP contribution in [-0.4, -0.2) is 12.5 Å². The van der Waals surface area contributed by atoms with Gasteiger partial charge < -0.3 is 9.47 Å². The maximum Gasteiger partial charge on any atom is 0.241 e. The normalized spacial score (nSPS) is 10.3. The maximum atomic E-state index is 6.06. The SMILES string of the molecule is Br.Cc1cccc(OC(CCCCP)Oc2cccc(C)c2)c1. The second kappa shape index (κ2) is 10.7. The maximum absolute atomic E-state index is 6.06. The van der Waals surface area contributed by atoms with Crippen molar-refractivity contribution in [2.45, 2.75) is 39.4 Å². The monoisotopic (exact) mass is 396 g/mol. The molecule has 0 radical (unpaired) electrons. The molecule has 1 atom stereocenters. The summed E-state index contributed by atoms with van der Waals surface area (Å²) in [7, 11) is 2.77. The Balaban J connectivity index is 0.00000264. The van der Waals surface area contributed by atoms with Crippen LogP contribution in [0.15, 0.2) is 48.5 Å². The summed E-state index contributed by atoms with van der Waals surface area (Å²) in [6.07, 6.45) is 4.00. The lowest BCUT2D eigenvalue weighted by atomic mass is 10.2. The molecule has 1 unspecified atom stereocenters. The van der Waals surface area contributed by atoms with Crippen LogP contribution in [0.5, 0.6) is 11.5 Å². The average molecular weight is 397 g/mol. The van der Waals surface area contributed by atoms with E-state index in [4.69, 9.17) is 9.47 Å². The van der Waals surface area contributed by atoms with Crippen LogP contribution in [0.25, 0.3) is 0 Å². The van der Waals surface area contributed by atoms with Gasteiger partial charge in [-0.1, -0.05) is 24.3 Å². The molecule has 0 bridgehead atoms. The van der Waals surface area contributed by atoms with Gasteiger partial charge in [-0.05, 0) is 68.2 Å². The second-order valence-corrected chi connectivity index (χ2v) is 6.16. The quantitative estimate of drug-likeness (QED) is 0.323. The summed E-state index contributed by atoms with van der Waals surface area (Å²) >= 11 is 0. The van der Waals surface area contributed by atoms with Crippen LogP contribution in [0.1, 0.15) is 30.4 Å².